The van der Waals surface area contributed by atoms with Crippen molar-refractivity contribution < 1.29 is 19.1 Å². The van der Waals surface area contributed by atoms with E-state index in [-0.39, 0.29) is 12.5 Å². The summed E-state index contributed by atoms with van der Waals surface area (Å²) in [6.07, 6.45) is 3.31. The van der Waals surface area contributed by atoms with Crippen molar-refractivity contribution in [3.05, 3.63) is 29.3 Å². The minimum absolute atomic E-state index is 0.125. The molecule has 1 atom stereocenters. The number of carbonyl (C=O) groups excluding carboxylic acids is 3. The number of hydrogen-bond acceptors (Lipinski definition) is 5. The van der Waals surface area contributed by atoms with Gasteiger partial charge in [-0.3, -0.25) is 14.9 Å². The first-order valence-electron chi connectivity index (χ1n) is 8.84. The molecule has 3 aliphatic rings. The second-order valence-electron chi connectivity index (χ2n) is 7.18. The van der Waals surface area contributed by atoms with Gasteiger partial charge in [0.15, 0.2) is 5.54 Å². The lowest BCUT2D eigenvalue weighted by atomic mass is 9.91. The molecule has 1 aromatic rings. The predicted octanol–water partition coefficient (Wildman–Crippen LogP) is 0.371. The Morgan fingerprint density at radius 2 is 2.12 bits per heavy atom. The molecule has 4 amide bonds. The van der Waals surface area contributed by atoms with Gasteiger partial charge in [0.2, 0.25) is 0 Å². The molecule has 1 unspecified atom stereocenters. The van der Waals surface area contributed by atoms with Crippen LogP contribution in [0.1, 0.15) is 35.2 Å². The average molecular weight is 358 g/mol. The Morgan fingerprint density at radius 1 is 1.31 bits per heavy atom. The van der Waals surface area contributed by atoms with Crippen molar-refractivity contribution in [1.82, 2.24) is 20.9 Å². The molecule has 26 heavy (non-hydrogen) atoms. The lowest BCUT2D eigenvalue weighted by molar-refractivity contribution is -0.124. The van der Waals surface area contributed by atoms with E-state index in [9.17, 15) is 14.4 Å². The quantitative estimate of drug-likeness (QED) is 0.638. The van der Waals surface area contributed by atoms with Gasteiger partial charge in [-0.2, -0.15) is 0 Å². The number of urea groups is 1. The smallest absolute Gasteiger partial charge is 0.322 e. The molecule has 4 rings (SSSR count). The molecular formula is C18H22N4O4. The third kappa shape index (κ3) is 2.80. The van der Waals surface area contributed by atoms with E-state index >= 15 is 0 Å². The number of imide groups is 1. The number of nitrogens with one attached hydrogen (secondary N) is 3. The van der Waals surface area contributed by atoms with E-state index < -0.39 is 17.5 Å². The molecule has 2 heterocycles. The van der Waals surface area contributed by atoms with E-state index in [0.717, 1.165) is 18.4 Å². The number of amides is 4. The second kappa shape index (κ2) is 6.28. The SMILES string of the molecule is COc1ccc2c(c1)CN(CC1(CNC3CCC3)NC(=O)NC1=O)C2=O. The summed E-state index contributed by atoms with van der Waals surface area (Å²) < 4.78 is 5.22. The summed E-state index contributed by atoms with van der Waals surface area (Å²) in [6.45, 7) is 0.818. The largest absolute Gasteiger partial charge is 0.497 e. The molecule has 2 aliphatic heterocycles. The number of hydrogen-bond donors (Lipinski definition) is 3. The Bertz CT molecular complexity index is 776. The first kappa shape index (κ1) is 16.8. The molecule has 1 saturated heterocycles. The predicted molar refractivity (Wildman–Crippen MR) is 92.8 cm³/mol. The van der Waals surface area contributed by atoms with Gasteiger partial charge in [-0.1, -0.05) is 6.42 Å². The topological polar surface area (TPSA) is 99.8 Å². The van der Waals surface area contributed by atoms with Crippen LogP contribution in [0.5, 0.6) is 5.75 Å². The molecule has 1 aromatic carbocycles. The fourth-order valence-electron chi connectivity index (χ4n) is 3.69. The maximum atomic E-state index is 12.7. The van der Waals surface area contributed by atoms with Crippen molar-refractivity contribution in [2.24, 2.45) is 0 Å². The molecule has 0 aromatic heterocycles. The van der Waals surface area contributed by atoms with Crippen LogP contribution in [0.15, 0.2) is 18.2 Å². The number of carbonyl (C=O) groups is 3. The van der Waals surface area contributed by atoms with Crippen LogP contribution >= 0.6 is 0 Å². The molecule has 1 saturated carbocycles. The number of rotatable bonds is 6. The maximum Gasteiger partial charge on any atom is 0.322 e. The van der Waals surface area contributed by atoms with E-state index in [1.54, 1.807) is 24.1 Å². The van der Waals surface area contributed by atoms with Gasteiger partial charge in [0.05, 0.1) is 13.7 Å². The van der Waals surface area contributed by atoms with Gasteiger partial charge in [0, 0.05) is 24.7 Å². The summed E-state index contributed by atoms with van der Waals surface area (Å²) in [4.78, 5) is 38.6. The minimum atomic E-state index is -1.14. The van der Waals surface area contributed by atoms with Gasteiger partial charge in [-0.15, -0.1) is 0 Å². The van der Waals surface area contributed by atoms with Crippen molar-refractivity contribution in [2.75, 3.05) is 20.2 Å². The van der Waals surface area contributed by atoms with Crippen LogP contribution in [-0.2, 0) is 11.3 Å². The summed E-state index contributed by atoms with van der Waals surface area (Å²) in [5.74, 6) is 0.155. The van der Waals surface area contributed by atoms with Gasteiger partial charge in [0.1, 0.15) is 5.75 Å². The molecule has 0 spiro atoms. The molecule has 1 aliphatic carbocycles. The van der Waals surface area contributed by atoms with Crippen molar-refractivity contribution in [3.8, 4) is 5.75 Å². The Labute approximate surface area is 151 Å². The van der Waals surface area contributed by atoms with Gasteiger partial charge in [-0.05, 0) is 36.6 Å². The molecule has 0 radical (unpaired) electrons. The number of fused-ring (bicyclic) bond motifs is 1. The first-order valence-corrected chi connectivity index (χ1v) is 8.84. The van der Waals surface area contributed by atoms with Crippen molar-refractivity contribution in [3.63, 3.8) is 0 Å². The monoisotopic (exact) mass is 358 g/mol. The van der Waals surface area contributed by atoms with Crippen LogP contribution in [-0.4, -0.2) is 54.5 Å². The van der Waals surface area contributed by atoms with E-state index in [1.165, 1.54) is 6.42 Å². The first-order chi connectivity index (χ1) is 12.5. The zero-order chi connectivity index (χ0) is 18.3. The zero-order valence-electron chi connectivity index (χ0n) is 14.6. The van der Waals surface area contributed by atoms with Gasteiger partial charge in [0.25, 0.3) is 11.8 Å². The number of benzene rings is 1. The lowest BCUT2D eigenvalue weighted by Gasteiger charge is -2.34. The Kier molecular flexibility index (Phi) is 4.07. The second-order valence-corrected chi connectivity index (χ2v) is 7.18. The highest BCUT2D eigenvalue weighted by atomic mass is 16.5. The molecule has 2 fully saturated rings. The van der Waals surface area contributed by atoms with Crippen LogP contribution in [0.3, 0.4) is 0 Å². The average Bonchev–Trinajstić information content (AvgIpc) is 3.02. The molecule has 3 N–H and O–H groups in total. The number of methoxy groups -OCH3 is 1. The maximum absolute atomic E-state index is 12.7. The summed E-state index contributed by atoms with van der Waals surface area (Å²) in [6, 6.07) is 5.17. The summed E-state index contributed by atoms with van der Waals surface area (Å²) >= 11 is 0. The van der Waals surface area contributed by atoms with Crippen molar-refractivity contribution in [1.29, 1.82) is 0 Å². The molecule has 8 nitrogen and oxygen atoms in total. The van der Waals surface area contributed by atoms with Gasteiger partial charge in [-0.25, -0.2) is 4.79 Å². The normalized spacial score (nSPS) is 25.0. The zero-order valence-corrected chi connectivity index (χ0v) is 14.6. The Balaban J connectivity index is 1.53. The third-order valence-electron chi connectivity index (χ3n) is 5.46. The highest BCUT2D eigenvalue weighted by Crippen LogP contribution is 2.28. The fourth-order valence-corrected chi connectivity index (χ4v) is 3.69. The standard InChI is InChI=1S/C18H22N4O4/c1-26-13-5-6-14-11(7-13)8-22(15(14)23)10-18(9-19-12-3-2-4-12)16(24)20-17(25)21-18/h5-7,12,19H,2-4,8-10H2,1H3,(H2,20,21,24,25). The van der Waals surface area contributed by atoms with Gasteiger partial charge < -0.3 is 20.3 Å². The molecular weight excluding hydrogens is 336 g/mol. The number of nitrogens with zero attached hydrogens (tertiary/aromatic N) is 1. The van der Waals surface area contributed by atoms with Crippen LogP contribution in [0.25, 0.3) is 0 Å². The fraction of sp³-hybridized carbons (Fsp3) is 0.500. The minimum Gasteiger partial charge on any atom is -0.497 e. The van der Waals surface area contributed by atoms with Crippen LogP contribution in [0.4, 0.5) is 4.79 Å². The summed E-state index contributed by atoms with van der Waals surface area (Å²) in [7, 11) is 1.58. The number of ether oxygens (including phenoxy) is 1. The van der Waals surface area contributed by atoms with Crippen LogP contribution < -0.4 is 20.7 Å². The molecule has 138 valence electrons. The molecule has 0 bridgehead atoms. The summed E-state index contributed by atoms with van der Waals surface area (Å²) in [5, 5.41) is 8.39. The van der Waals surface area contributed by atoms with E-state index in [0.29, 0.717) is 30.4 Å². The van der Waals surface area contributed by atoms with E-state index in [2.05, 4.69) is 16.0 Å². The lowest BCUT2D eigenvalue weighted by Crippen LogP contribution is -2.62. The van der Waals surface area contributed by atoms with E-state index in [1.807, 2.05) is 6.07 Å². The highest BCUT2D eigenvalue weighted by Gasteiger charge is 2.49. The third-order valence-corrected chi connectivity index (χ3v) is 5.46. The Morgan fingerprint density at radius 3 is 2.73 bits per heavy atom. The van der Waals surface area contributed by atoms with Crippen molar-refractivity contribution in [2.45, 2.75) is 37.4 Å². The highest BCUT2D eigenvalue weighted by molar-refractivity contribution is 6.08. The molecule has 8 heteroatoms. The van der Waals surface area contributed by atoms with E-state index in [4.69, 9.17) is 4.74 Å². The Hall–Kier alpha value is -2.61. The van der Waals surface area contributed by atoms with Crippen LogP contribution in [0.2, 0.25) is 0 Å². The van der Waals surface area contributed by atoms with Crippen molar-refractivity contribution >= 4 is 17.8 Å². The van der Waals surface area contributed by atoms with Gasteiger partial charge >= 0.3 is 6.03 Å². The van der Waals surface area contributed by atoms with Crippen LogP contribution in [0, 0.1) is 0 Å². The summed E-state index contributed by atoms with van der Waals surface area (Å²) in [5.41, 5.74) is 0.327.